The van der Waals surface area contributed by atoms with Crippen molar-refractivity contribution in [3.05, 3.63) is 576 Å². The minimum Gasteiger partial charge on any atom is -0.457 e. The largest absolute Gasteiger partial charge is 0.457 e. The summed E-state index contributed by atoms with van der Waals surface area (Å²) in [7, 11) is 0. The normalized spacial score (nSPS) is 13.8. The summed E-state index contributed by atoms with van der Waals surface area (Å²) in [6.07, 6.45) is 0. The van der Waals surface area contributed by atoms with Gasteiger partial charge in [-0.3, -0.25) is 0 Å². The first-order chi connectivity index (χ1) is 69.9. The van der Waals surface area contributed by atoms with Crippen LogP contribution in [-0.2, 0) is 21.7 Å². The van der Waals surface area contributed by atoms with E-state index >= 15 is 0 Å². The lowest BCUT2D eigenvalue weighted by Crippen LogP contribution is -2.33. The van der Waals surface area contributed by atoms with Gasteiger partial charge in [0.1, 0.15) is 23.0 Å². The molecule has 0 fully saturated rings. The summed E-state index contributed by atoms with van der Waals surface area (Å²) < 4.78 is 13.5. The van der Waals surface area contributed by atoms with E-state index in [0.29, 0.717) is 0 Å². The van der Waals surface area contributed by atoms with Crippen LogP contribution in [0.25, 0.3) is 88.3 Å². The Labute approximate surface area is 828 Å². The van der Waals surface area contributed by atoms with Crippen LogP contribution in [0.15, 0.2) is 510 Å². The standard InChI is InChI=1S/C73H54N2O.C63H42N2O/c1-71(2)60-25-11-8-21-54(60)57-43-41-52(45-65(57)71)74(49-19-6-5-7-20-49)50-37-33-47(34-38-50)48-35-39-51(40-36-48)75(53-42-44-58-55-22-9-12-26-61(55)72(3,4)66(58)46-53)67-30-18-24-59-56-23-10-13-27-62(56)73(70(59)67)63-28-14-16-31-68(63)76-69-32-17-15-29-64(69)73;1-2-19-49(20-3-1)64(52-39-33-43-15-4-6-17-47(43)41-52)50-35-29-45(30-36-50)46-31-37-51(38-32-46)65(53-40-34-44-16-5-7-18-48(44)42-53)59-26-14-22-55-54-21-8-9-23-56(54)63(62(55)59)57-24-10-12-27-60(57)66-61-28-13-11-25-58(61)63/h5-46H,1-4H3;1-42H. The number of rotatable bonds is 14. The van der Waals surface area contributed by atoms with E-state index in [1.165, 1.54) is 111 Å². The second-order valence-corrected chi connectivity index (χ2v) is 39.2. The first-order valence-electron chi connectivity index (χ1n) is 49.3. The summed E-state index contributed by atoms with van der Waals surface area (Å²) in [5.41, 5.74) is 41.6. The summed E-state index contributed by atoms with van der Waals surface area (Å²) in [5, 5.41) is 4.85. The Balaban J connectivity index is 0.000000143. The molecule has 0 saturated heterocycles. The van der Waals surface area contributed by atoms with Crippen molar-refractivity contribution in [3.8, 4) is 89.8 Å². The molecule has 4 aliphatic carbocycles. The number of anilines is 12. The van der Waals surface area contributed by atoms with Gasteiger partial charge in [-0.25, -0.2) is 0 Å². The molecule has 6 aliphatic rings. The zero-order chi connectivity index (χ0) is 94.5. The van der Waals surface area contributed by atoms with Crippen LogP contribution in [0.1, 0.15) is 94.5 Å². The molecule has 22 aromatic carbocycles. The second-order valence-electron chi connectivity index (χ2n) is 39.2. The van der Waals surface area contributed by atoms with Gasteiger partial charge in [0, 0.05) is 101 Å². The van der Waals surface area contributed by atoms with Crippen molar-refractivity contribution < 1.29 is 9.47 Å². The Hall–Kier alpha value is -17.8. The minimum absolute atomic E-state index is 0.104. The maximum atomic E-state index is 6.81. The molecule has 0 aromatic heterocycles. The quantitative estimate of drug-likeness (QED) is 0.108. The van der Waals surface area contributed by atoms with E-state index in [1.807, 2.05) is 0 Å². The highest BCUT2D eigenvalue weighted by atomic mass is 16.5. The minimum atomic E-state index is -0.658. The Morgan fingerprint density at radius 2 is 0.394 bits per heavy atom. The summed E-state index contributed by atoms with van der Waals surface area (Å²) in [6, 6.07) is 187. The van der Waals surface area contributed by atoms with Crippen molar-refractivity contribution >= 4 is 89.8 Å². The van der Waals surface area contributed by atoms with Gasteiger partial charge in [-0.1, -0.05) is 380 Å². The van der Waals surface area contributed by atoms with Gasteiger partial charge in [-0.15, -0.1) is 0 Å². The number of hydrogen-bond donors (Lipinski definition) is 0. The van der Waals surface area contributed by atoms with Gasteiger partial charge in [0.2, 0.25) is 0 Å². The molecule has 28 rings (SSSR count). The number of ether oxygens (including phenoxy) is 2. The number of fused-ring (bicyclic) bond motifs is 26. The molecule has 0 saturated carbocycles. The van der Waals surface area contributed by atoms with Crippen molar-refractivity contribution in [2.75, 3.05) is 19.6 Å². The molecule has 0 bridgehead atoms. The third kappa shape index (κ3) is 12.9. The highest BCUT2D eigenvalue weighted by molar-refractivity contribution is 6.01. The lowest BCUT2D eigenvalue weighted by Gasteiger charge is -2.41. The molecule has 2 heterocycles. The number of para-hydroxylation sites is 6. The van der Waals surface area contributed by atoms with Gasteiger partial charge in [-0.05, 0) is 279 Å². The molecule has 0 amide bonds. The van der Waals surface area contributed by atoms with E-state index in [2.05, 4.69) is 557 Å². The molecule has 0 radical (unpaired) electrons. The van der Waals surface area contributed by atoms with Gasteiger partial charge < -0.3 is 29.1 Å². The molecule has 142 heavy (non-hydrogen) atoms. The van der Waals surface area contributed by atoms with E-state index in [1.54, 1.807) is 0 Å². The lowest BCUT2D eigenvalue weighted by molar-refractivity contribution is 0.436. The Morgan fingerprint density at radius 1 is 0.155 bits per heavy atom. The van der Waals surface area contributed by atoms with Crippen molar-refractivity contribution in [2.24, 2.45) is 0 Å². The zero-order valence-corrected chi connectivity index (χ0v) is 79.1. The molecule has 2 aliphatic heterocycles. The molecule has 0 atom stereocenters. The Kier molecular flexibility index (Phi) is 19.4. The van der Waals surface area contributed by atoms with Crippen molar-refractivity contribution in [1.82, 2.24) is 0 Å². The molecule has 0 unspecified atom stereocenters. The predicted octanol–water partition coefficient (Wildman–Crippen LogP) is 36.4. The smallest absolute Gasteiger partial charge is 0.132 e. The predicted molar refractivity (Wildman–Crippen MR) is 587 cm³/mol. The van der Waals surface area contributed by atoms with Crippen molar-refractivity contribution in [1.29, 1.82) is 0 Å². The monoisotopic (exact) mass is 1820 g/mol. The third-order valence-corrected chi connectivity index (χ3v) is 31.0. The molecule has 22 aromatic rings. The summed E-state index contributed by atoms with van der Waals surface area (Å²) in [4.78, 5) is 9.71. The molecular weight excluding hydrogens is 1720 g/mol. The molecule has 2 spiro atoms. The van der Waals surface area contributed by atoms with Crippen LogP contribution in [0.2, 0.25) is 0 Å². The van der Waals surface area contributed by atoms with E-state index in [-0.39, 0.29) is 10.8 Å². The zero-order valence-electron chi connectivity index (χ0n) is 79.1. The van der Waals surface area contributed by atoms with Crippen LogP contribution >= 0.6 is 0 Å². The molecule has 6 nitrogen and oxygen atoms in total. The maximum Gasteiger partial charge on any atom is 0.132 e. The lowest BCUT2D eigenvalue weighted by atomic mass is 9.65. The highest BCUT2D eigenvalue weighted by Crippen LogP contribution is 2.68. The van der Waals surface area contributed by atoms with Gasteiger partial charge in [0.25, 0.3) is 0 Å². The van der Waals surface area contributed by atoms with Crippen molar-refractivity contribution in [2.45, 2.75) is 49.4 Å². The fourth-order valence-electron chi connectivity index (χ4n) is 24.6. The van der Waals surface area contributed by atoms with Gasteiger partial charge in [0.15, 0.2) is 0 Å². The summed E-state index contributed by atoms with van der Waals surface area (Å²) in [5.74, 6) is 3.52. The summed E-state index contributed by atoms with van der Waals surface area (Å²) in [6.45, 7) is 9.45. The highest BCUT2D eigenvalue weighted by Gasteiger charge is 2.55. The molecule has 6 heteroatoms. The van der Waals surface area contributed by atoms with Crippen LogP contribution in [-0.4, -0.2) is 0 Å². The van der Waals surface area contributed by atoms with E-state index in [0.717, 1.165) is 136 Å². The number of hydrogen-bond acceptors (Lipinski definition) is 6. The first kappa shape index (κ1) is 83.5. The number of nitrogens with zero attached hydrogens (tertiary/aromatic N) is 4. The van der Waals surface area contributed by atoms with Gasteiger partial charge in [0.05, 0.1) is 22.2 Å². The Morgan fingerprint density at radius 3 is 0.754 bits per heavy atom. The fraction of sp³-hybridized carbons (Fsp3) is 0.0588. The van der Waals surface area contributed by atoms with Crippen LogP contribution < -0.4 is 29.1 Å². The van der Waals surface area contributed by atoms with Gasteiger partial charge >= 0.3 is 0 Å². The molecule has 672 valence electrons. The average Bonchev–Trinajstić information content (AvgIpc) is 1.51. The van der Waals surface area contributed by atoms with Gasteiger partial charge in [-0.2, -0.15) is 0 Å². The summed E-state index contributed by atoms with van der Waals surface area (Å²) >= 11 is 0. The van der Waals surface area contributed by atoms with Crippen molar-refractivity contribution in [3.63, 3.8) is 0 Å². The van der Waals surface area contributed by atoms with E-state index < -0.39 is 10.8 Å². The van der Waals surface area contributed by atoms with Crippen LogP contribution in [0.5, 0.6) is 23.0 Å². The van der Waals surface area contributed by atoms with Crippen LogP contribution in [0.3, 0.4) is 0 Å². The second kappa shape index (κ2) is 33.0. The van der Waals surface area contributed by atoms with Crippen LogP contribution in [0, 0.1) is 0 Å². The molecular formula is C136H96N4O2. The SMILES string of the molecule is CC1(C)c2ccccc2-c2ccc(N(c3ccccc3)c3ccc(-c4ccc(N(c5ccc6c(c5)C(C)(C)c5ccccc5-6)c5cccc6c5C5(c7ccccc7Oc7ccccc75)c5ccccc5-6)cc4)cc3)cc21.c1ccc(N(c2ccc(-c3ccc(N(c4ccc5ccccc5c4)c4cccc5c4C4(c6ccccc6Oc6ccccc64)c4ccccc4-5)cc3)cc2)c2ccc3ccccc3c2)cc1. The fourth-order valence-corrected chi connectivity index (χ4v) is 24.6. The van der Waals surface area contributed by atoms with Crippen LogP contribution in [0.4, 0.5) is 68.2 Å². The first-order valence-corrected chi connectivity index (χ1v) is 49.3. The maximum absolute atomic E-state index is 6.81. The topological polar surface area (TPSA) is 31.4 Å². The molecule has 0 N–H and O–H groups in total. The Bertz CT molecular complexity index is 8710. The third-order valence-electron chi connectivity index (χ3n) is 31.0. The average molecular weight is 1820 g/mol. The van der Waals surface area contributed by atoms with E-state index in [4.69, 9.17) is 9.47 Å². The number of benzene rings is 22. The van der Waals surface area contributed by atoms with E-state index in [9.17, 15) is 0 Å².